The lowest BCUT2D eigenvalue weighted by Crippen LogP contribution is -2.40. The number of nitrogens with zero attached hydrogens (tertiary/aromatic N) is 1. The topological polar surface area (TPSA) is 107 Å². The summed E-state index contributed by atoms with van der Waals surface area (Å²) in [5, 5.41) is 23.3. The number of aromatic nitrogens is 2. The van der Waals surface area contributed by atoms with Crippen LogP contribution in [0.4, 0.5) is 17.6 Å². The van der Waals surface area contributed by atoms with Gasteiger partial charge < -0.3 is 25.3 Å². The summed E-state index contributed by atoms with van der Waals surface area (Å²) in [5.41, 5.74) is -0.527. The van der Waals surface area contributed by atoms with Crippen molar-refractivity contribution in [2.24, 2.45) is 0 Å². The molecule has 1 aliphatic carbocycles. The zero-order chi connectivity index (χ0) is 30.2. The number of imidazole rings is 1. The summed E-state index contributed by atoms with van der Waals surface area (Å²) in [5.74, 6) is -2.58. The molecule has 0 radical (unpaired) electrons. The van der Waals surface area contributed by atoms with E-state index >= 15 is 4.39 Å². The Morgan fingerprint density at radius 2 is 2.00 bits per heavy atom. The van der Waals surface area contributed by atoms with Gasteiger partial charge in [-0.2, -0.15) is 0 Å². The van der Waals surface area contributed by atoms with Crippen molar-refractivity contribution < 1.29 is 37.3 Å². The fourth-order valence-corrected chi connectivity index (χ4v) is 5.31. The molecule has 0 bridgehead atoms. The first kappa shape index (κ1) is 29.1. The summed E-state index contributed by atoms with van der Waals surface area (Å²) in [4.78, 5) is 18.1. The summed E-state index contributed by atoms with van der Waals surface area (Å²) < 4.78 is 63.1. The molecule has 0 amide bonds. The second kappa shape index (κ2) is 11.1. The Morgan fingerprint density at radius 1 is 1.21 bits per heavy atom. The number of nitrogens with one attached hydrogen (secondary N) is 2. The minimum absolute atomic E-state index is 0.0123. The van der Waals surface area contributed by atoms with Gasteiger partial charge in [0.25, 0.3) is 0 Å². The van der Waals surface area contributed by atoms with Crippen molar-refractivity contribution in [2.75, 3.05) is 0 Å². The van der Waals surface area contributed by atoms with E-state index in [0.29, 0.717) is 11.1 Å². The molecule has 1 aliphatic heterocycles. The van der Waals surface area contributed by atoms with Crippen LogP contribution in [0.1, 0.15) is 49.9 Å². The first-order valence-corrected chi connectivity index (χ1v) is 13.3. The molecular formula is C31H29F4N3O4. The van der Waals surface area contributed by atoms with Crippen LogP contribution < -0.4 is 10.1 Å². The average Bonchev–Trinajstić information content (AvgIpc) is 3.58. The molecule has 2 aromatic carbocycles. The van der Waals surface area contributed by atoms with E-state index in [2.05, 4.69) is 15.3 Å². The predicted molar refractivity (Wildman–Crippen MR) is 147 cm³/mol. The summed E-state index contributed by atoms with van der Waals surface area (Å²) in [6.45, 7) is 3.24. The number of aliphatic carboxylic acids is 1. The molecule has 0 fully saturated rings. The largest absolute Gasteiger partial charge is 0.481 e. The lowest BCUT2D eigenvalue weighted by molar-refractivity contribution is -0.136. The number of hydrogen-bond acceptors (Lipinski definition) is 5. The summed E-state index contributed by atoms with van der Waals surface area (Å²) in [6.07, 6.45) is 1.20. The molecule has 42 heavy (non-hydrogen) atoms. The molecule has 2 atom stereocenters. The fourth-order valence-electron chi connectivity index (χ4n) is 5.31. The van der Waals surface area contributed by atoms with Crippen LogP contribution in [0.3, 0.4) is 0 Å². The Bertz CT molecular complexity index is 1630. The molecule has 5 rings (SSSR count). The van der Waals surface area contributed by atoms with Gasteiger partial charge in [-0.05, 0) is 67.4 Å². The van der Waals surface area contributed by atoms with Crippen LogP contribution in [0.25, 0.3) is 11.4 Å². The molecule has 11 heteroatoms. The van der Waals surface area contributed by atoms with Gasteiger partial charge in [0.2, 0.25) is 6.43 Å². The van der Waals surface area contributed by atoms with Crippen LogP contribution >= 0.6 is 0 Å². The predicted octanol–water partition coefficient (Wildman–Crippen LogP) is 6.28. The molecule has 1 aromatic heterocycles. The standard InChI is InChI=1S/C31H29F4N3O4/c1-30-15-24(33)28(20(14-26(34)35)22(30)10-11-37-30)42-19-7-8-23(32)21(13-19)29-36-16-25(38-29)31(2,41)18-5-3-4-17(12-18)6-9-27(39)40/h3-5,7-8,10-13,16,26,37,41H,6,9,14-15H2,1-2H3,(H,36,38)(H,39,40). The highest BCUT2D eigenvalue weighted by molar-refractivity contribution is 5.67. The van der Waals surface area contributed by atoms with Crippen molar-refractivity contribution in [1.29, 1.82) is 0 Å². The van der Waals surface area contributed by atoms with Crippen LogP contribution in [0.2, 0.25) is 0 Å². The fraction of sp³-hybridized carbons (Fsp3) is 0.290. The monoisotopic (exact) mass is 583 g/mol. The van der Waals surface area contributed by atoms with E-state index < -0.39 is 41.6 Å². The van der Waals surface area contributed by atoms with Crippen molar-refractivity contribution in [3.05, 3.63) is 106 Å². The van der Waals surface area contributed by atoms with Crippen LogP contribution in [0.15, 0.2) is 83.7 Å². The van der Waals surface area contributed by atoms with Gasteiger partial charge in [-0.25, -0.2) is 22.5 Å². The molecule has 2 aliphatic rings. The van der Waals surface area contributed by atoms with Gasteiger partial charge in [0.15, 0.2) is 5.76 Å². The number of aliphatic hydroxyl groups is 1. The summed E-state index contributed by atoms with van der Waals surface area (Å²) in [6, 6.07) is 10.5. The second-order valence-electron chi connectivity index (χ2n) is 10.8. The van der Waals surface area contributed by atoms with Gasteiger partial charge in [-0.1, -0.05) is 24.3 Å². The summed E-state index contributed by atoms with van der Waals surface area (Å²) >= 11 is 0. The van der Waals surface area contributed by atoms with E-state index in [4.69, 9.17) is 9.84 Å². The number of carbonyl (C=O) groups is 1. The SMILES string of the molecule is CC12CC(F)=C(Oc3ccc(F)c(-c4ncc(C(C)(O)c5cccc(CCC(=O)O)c5)[nH]4)c3)C(CC(F)F)=C1C=CN2. The first-order valence-electron chi connectivity index (χ1n) is 13.3. The van der Waals surface area contributed by atoms with Crippen molar-refractivity contribution in [2.45, 2.75) is 57.1 Å². The van der Waals surface area contributed by atoms with Crippen LogP contribution in [0.5, 0.6) is 5.75 Å². The number of hydrogen-bond donors (Lipinski definition) is 4. The van der Waals surface area contributed by atoms with Gasteiger partial charge >= 0.3 is 5.97 Å². The van der Waals surface area contributed by atoms with E-state index in [-0.39, 0.29) is 53.4 Å². The molecule has 220 valence electrons. The number of fused-ring (bicyclic) bond motifs is 1. The average molecular weight is 584 g/mol. The van der Waals surface area contributed by atoms with E-state index in [1.807, 2.05) is 0 Å². The highest BCUT2D eigenvalue weighted by Gasteiger charge is 2.41. The number of ether oxygens (including phenoxy) is 1. The molecular weight excluding hydrogens is 554 g/mol. The third-order valence-electron chi connectivity index (χ3n) is 7.59. The number of aryl methyl sites for hydroxylation is 1. The third kappa shape index (κ3) is 5.69. The number of aromatic amines is 1. The zero-order valence-corrected chi connectivity index (χ0v) is 22.8. The quantitative estimate of drug-likeness (QED) is 0.209. The molecule has 0 spiro atoms. The van der Waals surface area contributed by atoms with Crippen molar-refractivity contribution in [3.8, 4) is 17.1 Å². The van der Waals surface area contributed by atoms with Crippen LogP contribution in [-0.2, 0) is 16.8 Å². The Hall–Kier alpha value is -4.38. The molecule has 3 aromatic rings. The van der Waals surface area contributed by atoms with Gasteiger partial charge in [0.1, 0.15) is 28.8 Å². The molecule has 2 heterocycles. The number of H-pyrrole nitrogens is 1. The van der Waals surface area contributed by atoms with E-state index in [1.54, 1.807) is 43.5 Å². The lowest BCUT2D eigenvalue weighted by Gasteiger charge is -2.34. The van der Waals surface area contributed by atoms with Gasteiger partial charge in [-0.3, -0.25) is 4.79 Å². The Morgan fingerprint density at radius 3 is 2.74 bits per heavy atom. The molecule has 7 nitrogen and oxygen atoms in total. The highest BCUT2D eigenvalue weighted by atomic mass is 19.3. The van der Waals surface area contributed by atoms with Gasteiger partial charge in [0, 0.05) is 24.8 Å². The normalized spacial score (nSPS) is 19.6. The minimum Gasteiger partial charge on any atom is -0.481 e. The van der Waals surface area contributed by atoms with E-state index in [9.17, 15) is 23.1 Å². The number of benzene rings is 2. The maximum absolute atomic E-state index is 15.3. The number of carboxylic acid groups (broad SMARTS) is 1. The second-order valence-corrected chi connectivity index (χ2v) is 10.8. The number of alkyl halides is 2. The molecule has 2 unspecified atom stereocenters. The third-order valence-corrected chi connectivity index (χ3v) is 7.59. The molecule has 0 saturated heterocycles. The number of halogens is 4. The maximum Gasteiger partial charge on any atom is 0.303 e. The smallest absolute Gasteiger partial charge is 0.303 e. The van der Waals surface area contributed by atoms with Crippen LogP contribution in [0, 0.1) is 5.82 Å². The van der Waals surface area contributed by atoms with E-state index in [0.717, 1.165) is 11.6 Å². The van der Waals surface area contributed by atoms with E-state index in [1.165, 1.54) is 25.3 Å². The van der Waals surface area contributed by atoms with Crippen LogP contribution in [-0.4, -0.2) is 38.1 Å². The molecule has 0 saturated carbocycles. The van der Waals surface area contributed by atoms with Gasteiger partial charge in [-0.15, -0.1) is 0 Å². The number of rotatable bonds is 10. The first-order chi connectivity index (χ1) is 19.9. The van der Waals surface area contributed by atoms with Crippen molar-refractivity contribution >= 4 is 5.97 Å². The minimum atomic E-state index is -2.74. The number of carboxylic acids is 1. The summed E-state index contributed by atoms with van der Waals surface area (Å²) in [7, 11) is 0. The molecule has 4 N–H and O–H groups in total. The van der Waals surface area contributed by atoms with Gasteiger partial charge in [0.05, 0.1) is 23.0 Å². The Kier molecular flexibility index (Phi) is 7.72. The number of allylic oxidation sites excluding steroid dienone is 1. The maximum atomic E-state index is 15.3. The lowest BCUT2D eigenvalue weighted by atomic mass is 9.80. The Balaban J connectivity index is 1.43. The van der Waals surface area contributed by atoms with Crippen molar-refractivity contribution in [1.82, 2.24) is 15.3 Å². The highest BCUT2D eigenvalue weighted by Crippen LogP contribution is 2.44. The zero-order valence-electron chi connectivity index (χ0n) is 22.8. The Labute approximate surface area is 239 Å². The van der Waals surface area contributed by atoms with Crippen molar-refractivity contribution in [3.63, 3.8) is 0 Å².